The van der Waals surface area contributed by atoms with Crippen LogP contribution in [0.4, 0.5) is 10.8 Å². The fourth-order valence-electron chi connectivity index (χ4n) is 2.92. The molecule has 0 unspecified atom stereocenters. The topological polar surface area (TPSA) is 57.6 Å². The average molecular weight is 350 g/mol. The lowest BCUT2D eigenvalue weighted by molar-refractivity contribution is -0.117. The van der Waals surface area contributed by atoms with E-state index in [1.807, 2.05) is 60.4 Å². The van der Waals surface area contributed by atoms with Crippen LogP contribution in [-0.4, -0.2) is 23.1 Å². The summed E-state index contributed by atoms with van der Waals surface area (Å²) in [7, 11) is 0. The minimum absolute atomic E-state index is 0.204. The van der Waals surface area contributed by atoms with Crippen LogP contribution in [-0.2, 0) is 4.79 Å². The molecule has 2 heterocycles. The Morgan fingerprint density at radius 3 is 2.72 bits per heavy atom. The summed E-state index contributed by atoms with van der Waals surface area (Å²) in [5.41, 5.74) is 6.86. The number of carbonyl (C=O) groups is 1. The molecule has 0 aliphatic carbocycles. The van der Waals surface area contributed by atoms with E-state index in [4.69, 9.17) is 0 Å². The molecule has 1 N–H and O–H groups in total. The lowest BCUT2D eigenvalue weighted by Gasteiger charge is -2.15. The Kier molecular flexibility index (Phi) is 4.19. The summed E-state index contributed by atoms with van der Waals surface area (Å²) in [5, 5.41) is 5.21. The molecule has 126 valence electrons. The van der Waals surface area contributed by atoms with E-state index in [1.54, 1.807) is 11.3 Å². The maximum Gasteiger partial charge on any atom is 0.227 e. The first-order chi connectivity index (χ1) is 12.2. The van der Waals surface area contributed by atoms with Gasteiger partial charge in [0.2, 0.25) is 11.0 Å². The zero-order chi connectivity index (χ0) is 17.2. The van der Waals surface area contributed by atoms with Crippen molar-refractivity contribution < 1.29 is 4.79 Å². The smallest absolute Gasteiger partial charge is 0.227 e. The molecule has 1 aliphatic rings. The molecular formula is C19H18N4OS. The van der Waals surface area contributed by atoms with Gasteiger partial charge in [0, 0.05) is 18.7 Å². The highest BCUT2D eigenvalue weighted by Gasteiger charge is 2.21. The van der Waals surface area contributed by atoms with Gasteiger partial charge in [-0.25, -0.2) is 4.98 Å². The van der Waals surface area contributed by atoms with Gasteiger partial charge in [-0.2, -0.15) is 5.10 Å². The van der Waals surface area contributed by atoms with Crippen LogP contribution in [0.15, 0.2) is 53.6 Å². The van der Waals surface area contributed by atoms with Crippen molar-refractivity contribution >= 4 is 44.0 Å². The minimum atomic E-state index is 0.204. The van der Waals surface area contributed by atoms with Gasteiger partial charge in [-0.1, -0.05) is 35.6 Å². The van der Waals surface area contributed by atoms with Crippen LogP contribution in [0.2, 0.25) is 0 Å². The summed E-state index contributed by atoms with van der Waals surface area (Å²) in [4.78, 5) is 18.2. The third-order valence-electron chi connectivity index (χ3n) is 4.28. The zero-order valence-electron chi connectivity index (χ0n) is 13.9. The number of carbonyl (C=O) groups excluding carboxylic acids is 1. The molecule has 0 saturated carbocycles. The van der Waals surface area contributed by atoms with Crippen LogP contribution in [0.5, 0.6) is 0 Å². The second-order valence-electron chi connectivity index (χ2n) is 5.99. The molecule has 25 heavy (non-hydrogen) atoms. The molecule has 5 nitrogen and oxygen atoms in total. The Bertz CT molecular complexity index is 912. The molecule has 1 aliphatic heterocycles. The van der Waals surface area contributed by atoms with Gasteiger partial charge < -0.3 is 4.90 Å². The quantitative estimate of drug-likeness (QED) is 0.565. The van der Waals surface area contributed by atoms with Crippen molar-refractivity contribution in [1.29, 1.82) is 0 Å². The van der Waals surface area contributed by atoms with Crippen molar-refractivity contribution in [2.75, 3.05) is 16.9 Å². The molecule has 1 fully saturated rings. The van der Waals surface area contributed by atoms with E-state index in [0.717, 1.165) is 45.3 Å². The maximum atomic E-state index is 11.8. The third kappa shape index (κ3) is 3.25. The summed E-state index contributed by atoms with van der Waals surface area (Å²) >= 11 is 1.58. The molecule has 1 amide bonds. The SMILES string of the molecule is C/C(=N/Nc1nc2ccccc2s1)c1ccc(N2CCCC2=O)cc1. The molecule has 0 bridgehead atoms. The van der Waals surface area contributed by atoms with Gasteiger partial charge in [0.05, 0.1) is 15.9 Å². The van der Waals surface area contributed by atoms with E-state index in [-0.39, 0.29) is 5.91 Å². The second-order valence-corrected chi connectivity index (χ2v) is 7.02. The number of nitrogens with one attached hydrogen (secondary N) is 1. The van der Waals surface area contributed by atoms with E-state index in [1.165, 1.54) is 0 Å². The average Bonchev–Trinajstić information content (AvgIpc) is 3.25. The van der Waals surface area contributed by atoms with E-state index in [0.29, 0.717) is 6.42 Å². The third-order valence-corrected chi connectivity index (χ3v) is 5.22. The number of anilines is 2. The fraction of sp³-hybridized carbons (Fsp3) is 0.211. The molecule has 4 rings (SSSR count). The summed E-state index contributed by atoms with van der Waals surface area (Å²) in [6.45, 7) is 2.76. The number of hydrogen-bond acceptors (Lipinski definition) is 5. The largest absolute Gasteiger partial charge is 0.312 e. The normalized spacial score (nSPS) is 15.2. The number of nitrogens with zero attached hydrogens (tertiary/aromatic N) is 3. The Morgan fingerprint density at radius 1 is 1.20 bits per heavy atom. The predicted molar refractivity (Wildman–Crippen MR) is 103 cm³/mol. The molecule has 0 spiro atoms. The predicted octanol–water partition coefficient (Wildman–Crippen LogP) is 4.26. The minimum Gasteiger partial charge on any atom is -0.312 e. The lowest BCUT2D eigenvalue weighted by atomic mass is 10.1. The van der Waals surface area contributed by atoms with Gasteiger partial charge in [-0.05, 0) is 43.2 Å². The van der Waals surface area contributed by atoms with Crippen LogP contribution in [0, 0.1) is 0 Å². The number of hydrogen-bond donors (Lipinski definition) is 1. The molecule has 2 aromatic carbocycles. The number of fused-ring (bicyclic) bond motifs is 1. The molecule has 6 heteroatoms. The van der Waals surface area contributed by atoms with Crippen LogP contribution in [0.1, 0.15) is 25.3 Å². The molecule has 0 radical (unpaired) electrons. The van der Waals surface area contributed by atoms with E-state index in [2.05, 4.69) is 15.5 Å². The van der Waals surface area contributed by atoms with Crippen molar-refractivity contribution in [3.05, 3.63) is 54.1 Å². The molecule has 1 aromatic heterocycles. The first kappa shape index (κ1) is 15.8. The van der Waals surface area contributed by atoms with Gasteiger partial charge in [0.15, 0.2) is 0 Å². The number of benzene rings is 2. The van der Waals surface area contributed by atoms with Crippen LogP contribution in [0.3, 0.4) is 0 Å². The Hall–Kier alpha value is -2.73. The number of rotatable bonds is 4. The second kappa shape index (κ2) is 6.64. The standard InChI is InChI=1S/C19H18N4OS/c1-13(21-22-19-20-16-5-2-3-6-17(16)25-19)14-8-10-15(11-9-14)23-12-4-7-18(23)24/h2-3,5-6,8-11H,4,7,12H2,1H3,(H,20,22)/b21-13-. The first-order valence-electron chi connectivity index (χ1n) is 8.27. The zero-order valence-corrected chi connectivity index (χ0v) is 14.7. The summed E-state index contributed by atoms with van der Waals surface area (Å²) in [6.07, 6.45) is 1.58. The highest BCUT2D eigenvalue weighted by molar-refractivity contribution is 7.22. The van der Waals surface area contributed by atoms with E-state index < -0.39 is 0 Å². The summed E-state index contributed by atoms with van der Waals surface area (Å²) in [6, 6.07) is 16.0. The number of thiazole rings is 1. The highest BCUT2D eigenvalue weighted by atomic mass is 32.1. The fourth-order valence-corrected chi connectivity index (χ4v) is 3.73. The van der Waals surface area contributed by atoms with E-state index in [9.17, 15) is 4.79 Å². The van der Waals surface area contributed by atoms with Gasteiger partial charge in [0.1, 0.15) is 0 Å². The van der Waals surface area contributed by atoms with Gasteiger partial charge in [0.25, 0.3) is 0 Å². The van der Waals surface area contributed by atoms with Crippen molar-refractivity contribution in [3.63, 3.8) is 0 Å². The first-order valence-corrected chi connectivity index (χ1v) is 9.09. The summed E-state index contributed by atoms with van der Waals surface area (Å²) in [5.74, 6) is 0.204. The lowest BCUT2D eigenvalue weighted by Crippen LogP contribution is -2.23. The van der Waals surface area contributed by atoms with E-state index >= 15 is 0 Å². The van der Waals surface area contributed by atoms with Crippen molar-refractivity contribution in [2.24, 2.45) is 5.10 Å². The van der Waals surface area contributed by atoms with Crippen LogP contribution >= 0.6 is 11.3 Å². The highest BCUT2D eigenvalue weighted by Crippen LogP contribution is 2.25. The number of aromatic nitrogens is 1. The van der Waals surface area contributed by atoms with Crippen molar-refractivity contribution in [2.45, 2.75) is 19.8 Å². The molecule has 0 atom stereocenters. The van der Waals surface area contributed by atoms with Gasteiger partial charge in [-0.3, -0.25) is 10.2 Å². The van der Waals surface area contributed by atoms with Crippen LogP contribution in [0.25, 0.3) is 10.2 Å². The van der Waals surface area contributed by atoms with Gasteiger partial charge in [-0.15, -0.1) is 0 Å². The van der Waals surface area contributed by atoms with Crippen LogP contribution < -0.4 is 10.3 Å². The van der Waals surface area contributed by atoms with Crippen molar-refractivity contribution in [3.8, 4) is 0 Å². The van der Waals surface area contributed by atoms with Gasteiger partial charge >= 0.3 is 0 Å². The molecular weight excluding hydrogens is 332 g/mol. The number of para-hydroxylation sites is 1. The monoisotopic (exact) mass is 350 g/mol. The Balaban J connectivity index is 1.48. The molecule has 1 saturated heterocycles. The maximum absolute atomic E-state index is 11.8. The number of amides is 1. The molecule has 3 aromatic rings. The van der Waals surface area contributed by atoms with Crippen molar-refractivity contribution in [1.82, 2.24) is 4.98 Å². The number of hydrazone groups is 1. The Morgan fingerprint density at radius 2 is 2.00 bits per heavy atom. The summed E-state index contributed by atoms with van der Waals surface area (Å²) < 4.78 is 1.14. The Labute approximate surface area is 150 Å².